The van der Waals surface area contributed by atoms with Gasteiger partial charge in [-0.1, -0.05) is 47.7 Å². The van der Waals surface area contributed by atoms with Crippen LogP contribution in [0.2, 0.25) is 0 Å². The van der Waals surface area contributed by atoms with Crippen molar-refractivity contribution in [3.05, 3.63) is 54.1 Å². The maximum absolute atomic E-state index is 4.69. The van der Waals surface area contributed by atoms with Gasteiger partial charge in [0.05, 0.1) is 10.2 Å². The predicted octanol–water partition coefficient (Wildman–Crippen LogP) is 4.63. The second kappa shape index (κ2) is 5.63. The second-order valence-electron chi connectivity index (χ2n) is 4.17. The highest BCUT2D eigenvalue weighted by Crippen LogP contribution is 2.32. The Labute approximate surface area is 120 Å². The lowest BCUT2D eigenvalue weighted by Gasteiger charge is -2.01. The van der Waals surface area contributed by atoms with E-state index in [9.17, 15) is 0 Å². The molecular weight excluding hydrogens is 272 g/mol. The summed E-state index contributed by atoms with van der Waals surface area (Å²) < 4.78 is 1.24. The molecule has 1 aromatic heterocycles. The van der Waals surface area contributed by atoms with Crippen molar-refractivity contribution >= 4 is 38.4 Å². The molecule has 0 atom stereocenters. The van der Waals surface area contributed by atoms with Crippen molar-refractivity contribution in [1.29, 1.82) is 0 Å². The van der Waals surface area contributed by atoms with Gasteiger partial charge in [-0.05, 0) is 24.0 Å². The maximum Gasteiger partial charge on any atom is 0.184 e. The van der Waals surface area contributed by atoms with Crippen LogP contribution in [0.15, 0.2) is 53.4 Å². The quantitative estimate of drug-likeness (QED) is 0.708. The average molecular weight is 286 g/mol. The van der Waals surface area contributed by atoms with Crippen LogP contribution in [0.1, 0.15) is 5.56 Å². The summed E-state index contributed by atoms with van der Waals surface area (Å²) >= 11 is 3.45. The Balaban J connectivity index is 1.82. The molecule has 2 aromatic carbocycles. The van der Waals surface area contributed by atoms with Gasteiger partial charge >= 0.3 is 0 Å². The summed E-state index contributed by atoms with van der Waals surface area (Å²) in [5.41, 5.74) is 2.38. The predicted molar refractivity (Wildman–Crippen MR) is 85.2 cm³/mol. The molecule has 0 aliphatic heterocycles. The first-order valence-electron chi connectivity index (χ1n) is 6.08. The van der Waals surface area contributed by atoms with Crippen molar-refractivity contribution in [2.75, 3.05) is 11.6 Å². The fourth-order valence-electron chi connectivity index (χ4n) is 1.94. The third-order valence-corrected chi connectivity index (χ3v) is 4.64. The number of fused-ring (bicyclic) bond motifs is 1. The SMILES string of the molecule is CSc1cccc2sc(NCc3ccccc3)nc12. The topological polar surface area (TPSA) is 24.9 Å². The number of anilines is 1. The Morgan fingerprint density at radius 2 is 1.95 bits per heavy atom. The molecule has 0 radical (unpaired) electrons. The highest BCUT2D eigenvalue weighted by Gasteiger charge is 2.06. The van der Waals surface area contributed by atoms with E-state index >= 15 is 0 Å². The van der Waals surface area contributed by atoms with Gasteiger partial charge in [-0.2, -0.15) is 0 Å². The Hall–Kier alpha value is -1.52. The largest absolute Gasteiger partial charge is 0.357 e. The van der Waals surface area contributed by atoms with Crippen LogP contribution in [0.5, 0.6) is 0 Å². The van der Waals surface area contributed by atoms with Crippen LogP contribution in [0.4, 0.5) is 5.13 Å². The molecule has 0 aliphatic carbocycles. The zero-order chi connectivity index (χ0) is 13.1. The zero-order valence-electron chi connectivity index (χ0n) is 10.6. The first-order chi connectivity index (χ1) is 9.36. The molecule has 0 saturated heterocycles. The highest BCUT2D eigenvalue weighted by molar-refractivity contribution is 7.98. The molecule has 0 spiro atoms. The number of para-hydroxylation sites is 1. The molecule has 3 rings (SSSR count). The van der Waals surface area contributed by atoms with E-state index in [0.717, 1.165) is 17.2 Å². The summed E-state index contributed by atoms with van der Waals surface area (Å²) in [5, 5.41) is 4.39. The standard InChI is InChI=1S/C15H14N2S2/c1-18-12-8-5-9-13-14(12)17-15(19-13)16-10-11-6-3-2-4-7-11/h2-9H,10H2,1H3,(H,16,17). The minimum absolute atomic E-state index is 0.815. The fraction of sp³-hybridized carbons (Fsp3) is 0.133. The minimum atomic E-state index is 0.815. The van der Waals surface area contributed by atoms with Gasteiger partial charge in [0.15, 0.2) is 5.13 Å². The molecule has 1 N–H and O–H groups in total. The average Bonchev–Trinajstić information content (AvgIpc) is 2.89. The smallest absolute Gasteiger partial charge is 0.184 e. The first kappa shape index (κ1) is 12.5. The number of nitrogens with one attached hydrogen (secondary N) is 1. The van der Waals surface area contributed by atoms with E-state index in [-0.39, 0.29) is 0 Å². The van der Waals surface area contributed by atoms with Gasteiger partial charge in [0, 0.05) is 11.4 Å². The summed E-state index contributed by atoms with van der Waals surface area (Å²) in [5.74, 6) is 0. The molecule has 96 valence electrons. The maximum atomic E-state index is 4.69. The molecule has 0 bridgehead atoms. The first-order valence-corrected chi connectivity index (χ1v) is 8.12. The van der Waals surface area contributed by atoms with Crippen LogP contribution in [0.25, 0.3) is 10.2 Å². The number of rotatable bonds is 4. The van der Waals surface area contributed by atoms with Crippen LogP contribution in [0.3, 0.4) is 0 Å². The van der Waals surface area contributed by atoms with Gasteiger partial charge in [0.25, 0.3) is 0 Å². The summed E-state index contributed by atoms with van der Waals surface area (Å²) in [6.45, 7) is 0.815. The fourth-order valence-corrected chi connectivity index (χ4v) is 3.45. The van der Waals surface area contributed by atoms with E-state index in [1.165, 1.54) is 15.2 Å². The van der Waals surface area contributed by atoms with E-state index < -0.39 is 0 Å². The molecule has 0 aliphatic rings. The Kier molecular flexibility index (Phi) is 3.71. The van der Waals surface area contributed by atoms with E-state index in [0.29, 0.717) is 0 Å². The van der Waals surface area contributed by atoms with Crippen LogP contribution in [-0.2, 0) is 6.54 Å². The van der Waals surface area contributed by atoms with Crippen molar-refractivity contribution in [3.8, 4) is 0 Å². The molecule has 0 saturated carbocycles. The molecule has 4 heteroatoms. The van der Waals surface area contributed by atoms with Crippen molar-refractivity contribution < 1.29 is 0 Å². The molecule has 19 heavy (non-hydrogen) atoms. The van der Waals surface area contributed by atoms with E-state index in [4.69, 9.17) is 0 Å². The molecule has 0 fully saturated rings. The minimum Gasteiger partial charge on any atom is -0.357 e. The Morgan fingerprint density at radius 1 is 1.11 bits per heavy atom. The van der Waals surface area contributed by atoms with Crippen LogP contribution >= 0.6 is 23.1 Å². The molecular formula is C15H14N2S2. The lowest BCUT2D eigenvalue weighted by Crippen LogP contribution is -1.98. The number of thiazole rings is 1. The van der Waals surface area contributed by atoms with Crippen LogP contribution in [-0.4, -0.2) is 11.2 Å². The molecule has 2 nitrogen and oxygen atoms in total. The second-order valence-corrected chi connectivity index (χ2v) is 6.04. The number of nitrogens with zero attached hydrogens (tertiary/aromatic N) is 1. The van der Waals surface area contributed by atoms with E-state index in [1.807, 2.05) is 6.07 Å². The summed E-state index contributed by atoms with van der Waals surface area (Å²) in [6, 6.07) is 16.7. The number of thioether (sulfide) groups is 1. The molecule has 0 unspecified atom stereocenters. The van der Waals surface area contributed by atoms with Gasteiger partial charge in [-0.15, -0.1) is 11.8 Å². The van der Waals surface area contributed by atoms with Gasteiger partial charge in [-0.25, -0.2) is 4.98 Å². The van der Waals surface area contributed by atoms with Crippen molar-refractivity contribution in [1.82, 2.24) is 4.98 Å². The summed E-state index contributed by atoms with van der Waals surface area (Å²) in [7, 11) is 0. The number of hydrogen-bond acceptors (Lipinski definition) is 4. The van der Waals surface area contributed by atoms with Gasteiger partial charge < -0.3 is 5.32 Å². The normalized spacial score (nSPS) is 10.8. The zero-order valence-corrected chi connectivity index (χ0v) is 12.2. The van der Waals surface area contributed by atoms with Crippen molar-refractivity contribution in [3.63, 3.8) is 0 Å². The number of hydrogen-bond donors (Lipinski definition) is 1. The Bertz CT molecular complexity index is 677. The highest BCUT2D eigenvalue weighted by atomic mass is 32.2. The lowest BCUT2D eigenvalue weighted by atomic mass is 10.2. The van der Waals surface area contributed by atoms with Crippen LogP contribution < -0.4 is 5.32 Å². The third kappa shape index (κ3) is 2.74. The van der Waals surface area contributed by atoms with E-state index in [2.05, 4.69) is 59.0 Å². The summed E-state index contributed by atoms with van der Waals surface area (Å²) in [4.78, 5) is 5.92. The molecule has 3 aromatic rings. The van der Waals surface area contributed by atoms with Crippen LogP contribution in [0, 0.1) is 0 Å². The van der Waals surface area contributed by atoms with E-state index in [1.54, 1.807) is 23.1 Å². The number of benzene rings is 2. The monoisotopic (exact) mass is 286 g/mol. The third-order valence-electron chi connectivity index (χ3n) is 2.89. The number of aromatic nitrogens is 1. The van der Waals surface area contributed by atoms with Gasteiger partial charge in [-0.3, -0.25) is 0 Å². The van der Waals surface area contributed by atoms with Crippen molar-refractivity contribution in [2.24, 2.45) is 0 Å². The Morgan fingerprint density at radius 3 is 2.74 bits per heavy atom. The summed E-state index contributed by atoms with van der Waals surface area (Å²) in [6.07, 6.45) is 2.09. The van der Waals surface area contributed by atoms with Crippen molar-refractivity contribution in [2.45, 2.75) is 11.4 Å². The molecule has 1 heterocycles. The van der Waals surface area contributed by atoms with Gasteiger partial charge in [0.1, 0.15) is 0 Å². The molecule has 0 amide bonds. The lowest BCUT2D eigenvalue weighted by molar-refractivity contribution is 1.14. The van der Waals surface area contributed by atoms with Gasteiger partial charge in [0.2, 0.25) is 0 Å².